The molecule has 1 aromatic heterocycles. The third-order valence-electron chi connectivity index (χ3n) is 3.40. The molecular weight excluding hydrogens is 246 g/mol. The SMILES string of the molecule is Clc1cc(N2CCC(c3ccccc3)C2)ncn1. The van der Waals surface area contributed by atoms with E-state index < -0.39 is 0 Å². The summed E-state index contributed by atoms with van der Waals surface area (Å²) in [4.78, 5) is 10.5. The monoisotopic (exact) mass is 259 g/mol. The van der Waals surface area contributed by atoms with E-state index in [0.29, 0.717) is 11.1 Å². The fourth-order valence-electron chi connectivity index (χ4n) is 2.46. The molecule has 1 aliphatic rings. The molecule has 0 aliphatic carbocycles. The first-order chi connectivity index (χ1) is 8.83. The lowest BCUT2D eigenvalue weighted by atomic mass is 9.99. The summed E-state index contributed by atoms with van der Waals surface area (Å²) in [7, 11) is 0. The lowest BCUT2D eigenvalue weighted by molar-refractivity contribution is 0.774. The van der Waals surface area contributed by atoms with Gasteiger partial charge in [-0.15, -0.1) is 0 Å². The molecular formula is C14H14ClN3. The molecule has 0 radical (unpaired) electrons. The fraction of sp³-hybridized carbons (Fsp3) is 0.286. The third-order valence-corrected chi connectivity index (χ3v) is 3.61. The molecule has 3 rings (SSSR count). The molecule has 4 heteroatoms. The molecule has 0 bridgehead atoms. The van der Waals surface area contributed by atoms with Crippen molar-refractivity contribution in [1.82, 2.24) is 9.97 Å². The maximum absolute atomic E-state index is 5.90. The van der Waals surface area contributed by atoms with Crippen molar-refractivity contribution < 1.29 is 0 Å². The molecule has 1 atom stereocenters. The average Bonchev–Trinajstić information content (AvgIpc) is 2.89. The number of benzene rings is 1. The molecule has 18 heavy (non-hydrogen) atoms. The van der Waals surface area contributed by atoms with Gasteiger partial charge in [0.1, 0.15) is 17.3 Å². The maximum Gasteiger partial charge on any atom is 0.134 e. The minimum atomic E-state index is 0.503. The van der Waals surface area contributed by atoms with Crippen LogP contribution < -0.4 is 4.90 Å². The minimum Gasteiger partial charge on any atom is -0.356 e. The topological polar surface area (TPSA) is 29.0 Å². The van der Waals surface area contributed by atoms with E-state index in [1.54, 1.807) is 0 Å². The standard InChI is InChI=1S/C14H14ClN3/c15-13-8-14(17-10-16-13)18-7-6-12(9-18)11-4-2-1-3-5-11/h1-5,8,10,12H,6-7,9H2. The second-order valence-electron chi connectivity index (χ2n) is 4.54. The molecule has 2 heterocycles. The predicted molar refractivity (Wildman–Crippen MR) is 73.1 cm³/mol. The van der Waals surface area contributed by atoms with Crippen LogP contribution in [0.5, 0.6) is 0 Å². The van der Waals surface area contributed by atoms with Gasteiger partial charge in [-0.3, -0.25) is 0 Å². The van der Waals surface area contributed by atoms with Crippen LogP contribution in [-0.2, 0) is 0 Å². The Bertz CT molecular complexity index is 530. The van der Waals surface area contributed by atoms with Gasteiger partial charge in [-0.1, -0.05) is 41.9 Å². The number of anilines is 1. The molecule has 0 amide bonds. The highest BCUT2D eigenvalue weighted by atomic mass is 35.5. The largest absolute Gasteiger partial charge is 0.356 e. The van der Waals surface area contributed by atoms with Gasteiger partial charge < -0.3 is 4.90 Å². The predicted octanol–water partition coefficient (Wildman–Crippen LogP) is 3.12. The van der Waals surface area contributed by atoms with Crippen molar-refractivity contribution in [3.05, 3.63) is 53.4 Å². The first-order valence-corrected chi connectivity index (χ1v) is 6.48. The Morgan fingerprint density at radius 3 is 2.78 bits per heavy atom. The van der Waals surface area contributed by atoms with Gasteiger partial charge in [0.2, 0.25) is 0 Å². The van der Waals surface area contributed by atoms with Crippen molar-refractivity contribution in [2.75, 3.05) is 18.0 Å². The highest BCUT2D eigenvalue weighted by molar-refractivity contribution is 6.29. The van der Waals surface area contributed by atoms with E-state index in [-0.39, 0.29) is 0 Å². The summed E-state index contributed by atoms with van der Waals surface area (Å²) in [5, 5.41) is 0.503. The van der Waals surface area contributed by atoms with Crippen molar-refractivity contribution in [2.45, 2.75) is 12.3 Å². The van der Waals surface area contributed by atoms with Gasteiger partial charge in [-0.25, -0.2) is 9.97 Å². The van der Waals surface area contributed by atoms with Gasteiger partial charge in [-0.05, 0) is 12.0 Å². The van der Waals surface area contributed by atoms with E-state index >= 15 is 0 Å². The molecule has 1 aliphatic heterocycles. The Morgan fingerprint density at radius 2 is 2.00 bits per heavy atom. The zero-order chi connectivity index (χ0) is 12.4. The molecule has 2 aromatic rings. The maximum atomic E-state index is 5.90. The van der Waals surface area contributed by atoms with Crippen molar-refractivity contribution in [1.29, 1.82) is 0 Å². The van der Waals surface area contributed by atoms with E-state index in [1.165, 1.54) is 11.9 Å². The number of halogens is 1. The zero-order valence-corrected chi connectivity index (χ0v) is 10.7. The van der Waals surface area contributed by atoms with Gasteiger partial charge in [0.25, 0.3) is 0 Å². The van der Waals surface area contributed by atoms with Crippen LogP contribution in [0.2, 0.25) is 5.15 Å². The van der Waals surface area contributed by atoms with Crippen molar-refractivity contribution in [3.8, 4) is 0 Å². The number of hydrogen-bond acceptors (Lipinski definition) is 3. The van der Waals surface area contributed by atoms with Gasteiger partial charge >= 0.3 is 0 Å². The van der Waals surface area contributed by atoms with E-state index in [9.17, 15) is 0 Å². The van der Waals surface area contributed by atoms with Gasteiger partial charge in [0, 0.05) is 25.1 Å². The summed E-state index contributed by atoms with van der Waals surface area (Å²) in [6, 6.07) is 12.5. The van der Waals surface area contributed by atoms with Crippen LogP contribution in [0.15, 0.2) is 42.7 Å². The molecule has 0 N–H and O–H groups in total. The molecule has 0 saturated carbocycles. The number of rotatable bonds is 2. The first kappa shape index (κ1) is 11.5. The Labute approximate surface area is 111 Å². The van der Waals surface area contributed by atoms with Crippen LogP contribution in [0.4, 0.5) is 5.82 Å². The van der Waals surface area contributed by atoms with Gasteiger partial charge in [0.05, 0.1) is 0 Å². The van der Waals surface area contributed by atoms with Crippen molar-refractivity contribution >= 4 is 17.4 Å². The van der Waals surface area contributed by atoms with E-state index in [0.717, 1.165) is 25.3 Å². The van der Waals surface area contributed by atoms with Crippen LogP contribution in [0.25, 0.3) is 0 Å². The molecule has 1 fully saturated rings. The third kappa shape index (κ3) is 2.31. The lowest BCUT2D eigenvalue weighted by Gasteiger charge is -2.17. The molecule has 92 valence electrons. The van der Waals surface area contributed by atoms with Crippen LogP contribution in [0, 0.1) is 0 Å². The van der Waals surface area contributed by atoms with E-state index in [4.69, 9.17) is 11.6 Å². The van der Waals surface area contributed by atoms with E-state index in [2.05, 4.69) is 45.2 Å². The van der Waals surface area contributed by atoms with Crippen molar-refractivity contribution in [2.24, 2.45) is 0 Å². The Hall–Kier alpha value is -1.61. The molecule has 1 unspecified atom stereocenters. The van der Waals surface area contributed by atoms with Crippen LogP contribution in [0.1, 0.15) is 17.9 Å². The van der Waals surface area contributed by atoms with Gasteiger partial charge in [-0.2, -0.15) is 0 Å². The number of hydrogen-bond donors (Lipinski definition) is 0. The smallest absolute Gasteiger partial charge is 0.134 e. The minimum absolute atomic E-state index is 0.503. The molecule has 3 nitrogen and oxygen atoms in total. The Kier molecular flexibility index (Phi) is 3.15. The summed E-state index contributed by atoms with van der Waals surface area (Å²) >= 11 is 5.90. The normalized spacial score (nSPS) is 19.2. The summed E-state index contributed by atoms with van der Waals surface area (Å²) in [6.07, 6.45) is 2.68. The Morgan fingerprint density at radius 1 is 1.17 bits per heavy atom. The van der Waals surface area contributed by atoms with Crippen LogP contribution >= 0.6 is 11.6 Å². The molecule has 0 spiro atoms. The molecule has 1 aromatic carbocycles. The van der Waals surface area contributed by atoms with Crippen LogP contribution in [0.3, 0.4) is 0 Å². The summed E-state index contributed by atoms with van der Waals surface area (Å²) in [5.41, 5.74) is 1.40. The van der Waals surface area contributed by atoms with E-state index in [1.807, 2.05) is 6.07 Å². The summed E-state index contributed by atoms with van der Waals surface area (Å²) in [6.45, 7) is 2.02. The average molecular weight is 260 g/mol. The van der Waals surface area contributed by atoms with Crippen molar-refractivity contribution in [3.63, 3.8) is 0 Å². The zero-order valence-electron chi connectivity index (χ0n) is 9.96. The number of nitrogens with zero attached hydrogens (tertiary/aromatic N) is 3. The van der Waals surface area contributed by atoms with Crippen LogP contribution in [-0.4, -0.2) is 23.1 Å². The highest BCUT2D eigenvalue weighted by Gasteiger charge is 2.24. The number of aromatic nitrogens is 2. The summed E-state index contributed by atoms with van der Waals surface area (Å²) < 4.78 is 0. The quantitative estimate of drug-likeness (QED) is 0.776. The van der Waals surface area contributed by atoms with Gasteiger partial charge in [0.15, 0.2) is 0 Å². The molecule has 1 saturated heterocycles. The highest BCUT2D eigenvalue weighted by Crippen LogP contribution is 2.29. The Balaban J connectivity index is 1.76. The fourth-order valence-corrected chi connectivity index (χ4v) is 2.60. The lowest BCUT2D eigenvalue weighted by Crippen LogP contribution is -2.20. The second-order valence-corrected chi connectivity index (χ2v) is 4.93. The first-order valence-electron chi connectivity index (χ1n) is 6.10. The summed E-state index contributed by atoms with van der Waals surface area (Å²) in [5.74, 6) is 1.51. The second kappa shape index (κ2) is 4.94.